The van der Waals surface area contributed by atoms with Gasteiger partial charge in [0.1, 0.15) is 11.7 Å². The zero-order valence-electron chi connectivity index (χ0n) is 10.7. The van der Waals surface area contributed by atoms with Crippen LogP contribution in [0.3, 0.4) is 0 Å². The van der Waals surface area contributed by atoms with Crippen molar-refractivity contribution in [3.05, 3.63) is 12.7 Å². The van der Waals surface area contributed by atoms with E-state index in [4.69, 9.17) is 15.6 Å². The lowest BCUT2D eigenvalue weighted by Crippen LogP contribution is -2.38. The van der Waals surface area contributed by atoms with Crippen molar-refractivity contribution in [3.63, 3.8) is 0 Å². The molecule has 0 amide bonds. The quantitative estimate of drug-likeness (QED) is 0.334. The standard InChI is InChI=1S/C13H23N3O/c1-3-4-5-6-12(14)16(2)13(15)11-7-9-17-10-8-11/h3,11,14-15H,1,4-10H2,2H3. The molecule has 0 aromatic heterocycles. The number of hydrogen-bond donors (Lipinski definition) is 2. The van der Waals surface area contributed by atoms with E-state index in [2.05, 4.69) is 6.58 Å². The van der Waals surface area contributed by atoms with Crippen molar-refractivity contribution in [2.45, 2.75) is 32.1 Å². The number of amidine groups is 2. The molecule has 0 spiro atoms. The molecule has 4 nitrogen and oxygen atoms in total. The Hall–Kier alpha value is -1.16. The average Bonchev–Trinajstić information content (AvgIpc) is 2.38. The zero-order chi connectivity index (χ0) is 12.7. The van der Waals surface area contributed by atoms with Crippen LogP contribution in [0.1, 0.15) is 32.1 Å². The van der Waals surface area contributed by atoms with Gasteiger partial charge in [0, 0.05) is 32.6 Å². The first-order valence-corrected chi connectivity index (χ1v) is 6.25. The fourth-order valence-corrected chi connectivity index (χ4v) is 1.97. The highest BCUT2D eigenvalue weighted by Gasteiger charge is 2.22. The highest BCUT2D eigenvalue weighted by molar-refractivity contribution is 5.98. The Morgan fingerprint density at radius 2 is 2.06 bits per heavy atom. The van der Waals surface area contributed by atoms with Crippen molar-refractivity contribution in [1.82, 2.24) is 4.90 Å². The lowest BCUT2D eigenvalue weighted by molar-refractivity contribution is 0.0808. The lowest BCUT2D eigenvalue weighted by Gasteiger charge is -2.29. The van der Waals surface area contributed by atoms with Gasteiger partial charge in [-0.15, -0.1) is 6.58 Å². The van der Waals surface area contributed by atoms with Crippen molar-refractivity contribution in [1.29, 1.82) is 10.8 Å². The van der Waals surface area contributed by atoms with Crippen LogP contribution < -0.4 is 0 Å². The first kappa shape index (κ1) is 13.9. The number of allylic oxidation sites excluding steroid dienone is 1. The molecule has 0 aromatic carbocycles. The first-order chi connectivity index (χ1) is 8.16. The molecule has 1 fully saturated rings. The second-order valence-electron chi connectivity index (χ2n) is 4.46. The Kier molecular flexibility index (Phi) is 5.91. The van der Waals surface area contributed by atoms with Gasteiger partial charge in [-0.05, 0) is 25.7 Å². The molecule has 0 aliphatic carbocycles. The van der Waals surface area contributed by atoms with Crippen LogP contribution in [0.25, 0.3) is 0 Å². The van der Waals surface area contributed by atoms with Gasteiger partial charge in [0.2, 0.25) is 0 Å². The fourth-order valence-electron chi connectivity index (χ4n) is 1.97. The monoisotopic (exact) mass is 237 g/mol. The van der Waals surface area contributed by atoms with Crippen LogP contribution in [0.5, 0.6) is 0 Å². The van der Waals surface area contributed by atoms with Gasteiger partial charge in [-0.1, -0.05) is 6.08 Å². The molecule has 0 bridgehead atoms. The molecule has 1 aliphatic heterocycles. The number of nitrogens with one attached hydrogen (secondary N) is 2. The third-order valence-corrected chi connectivity index (χ3v) is 3.20. The molecular weight excluding hydrogens is 214 g/mol. The molecule has 0 radical (unpaired) electrons. The summed E-state index contributed by atoms with van der Waals surface area (Å²) in [4.78, 5) is 1.72. The zero-order valence-corrected chi connectivity index (χ0v) is 10.7. The van der Waals surface area contributed by atoms with Crippen molar-refractivity contribution in [2.24, 2.45) is 5.92 Å². The second-order valence-corrected chi connectivity index (χ2v) is 4.46. The van der Waals surface area contributed by atoms with Gasteiger partial charge in [-0.2, -0.15) is 0 Å². The van der Waals surface area contributed by atoms with E-state index in [-0.39, 0.29) is 5.92 Å². The number of hydrogen-bond acceptors (Lipinski definition) is 3. The summed E-state index contributed by atoms with van der Waals surface area (Å²) in [7, 11) is 1.83. The van der Waals surface area contributed by atoms with Gasteiger partial charge < -0.3 is 9.64 Å². The summed E-state index contributed by atoms with van der Waals surface area (Å²) in [5.41, 5.74) is 0. The van der Waals surface area contributed by atoms with Crippen LogP contribution >= 0.6 is 0 Å². The summed E-state index contributed by atoms with van der Waals surface area (Å²) in [5.74, 6) is 1.36. The Morgan fingerprint density at radius 3 is 2.65 bits per heavy atom. The third-order valence-electron chi connectivity index (χ3n) is 3.20. The van der Waals surface area contributed by atoms with Gasteiger partial charge in [0.05, 0.1) is 0 Å². The number of unbranched alkanes of at least 4 members (excludes halogenated alkanes) is 1. The second kappa shape index (κ2) is 7.22. The summed E-state index contributed by atoms with van der Waals surface area (Å²) in [5, 5.41) is 16.1. The topological polar surface area (TPSA) is 60.2 Å². The van der Waals surface area contributed by atoms with Crippen LogP contribution in [-0.4, -0.2) is 36.8 Å². The minimum atomic E-state index is 0.258. The number of nitrogens with zero attached hydrogens (tertiary/aromatic N) is 1. The summed E-state index contributed by atoms with van der Waals surface area (Å²) in [6.07, 6.45) is 6.27. The maximum absolute atomic E-state index is 8.11. The number of ether oxygens (including phenoxy) is 1. The van der Waals surface area contributed by atoms with Crippen molar-refractivity contribution >= 4 is 11.7 Å². The van der Waals surface area contributed by atoms with E-state index in [1.165, 1.54) is 0 Å². The molecule has 1 rings (SSSR count). The predicted molar refractivity (Wildman–Crippen MR) is 70.8 cm³/mol. The van der Waals surface area contributed by atoms with Crippen LogP contribution in [0.2, 0.25) is 0 Å². The largest absolute Gasteiger partial charge is 0.381 e. The van der Waals surface area contributed by atoms with Gasteiger partial charge in [0.25, 0.3) is 0 Å². The maximum Gasteiger partial charge on any atom is 0.104 e. The van der Waals surface area contributed by atoms with Gasteiger partial charge >= 0.3 is 0 Å². The summed E-state index contributed by atoms with van der Waals surface area (Å²) in [6, 6.07) is 0. The van der Waals surface area contributed by atoms with Crippen molar-refractivity contribution < 1.29 is 4.74 Å². The van der Waals surface area contributed by atoms with E-state index in [1.54, 1.807) is 4.90 Å². The van der Waals surface area contributed by atoms with E-state index >= 15 is 0 Å². The van der Waals surface area contributed by atoms with E-state index in [0.29, 0.717) is 18.1 Å². The molecule has 1 aliphatic rings. The minimum absolute atomic E-state index is 0.258. The fraction of sp³-hybridized carbons (Fsp3) is 0.692. The van der Waals surface area contributed by atoms with Gasteiger partial charge in [-0.3, -0.25) is 10.8 Å². The molecule has 1 saturated heterocycles. The van der Waals surface area contributed by atoms with E-state index < -0.39 is 0 Å². The Bertz CT molecular complexity index is 282. The minimum Gasteiger partial charge on any atom is -0.381 e. The molecule has 4 heteroatoms. The maximum atomic E-state index is 8.11. The molecule has 0 saturated carbocycles. The Labute approximate surface area is 104 Å². The molecule has 2 N–H and O–H groups in total. The highest BCUT2D eigenvalue weighted by atomic mass is 16.5. The molecule has 1 heterocycles. The number of rotatable bonds is 5. The lowest BCUT2D eigenvalue weighted by atomic mass is 9.98. The third kappa shape index (κ3) is 4.30. The molecular formula is C13H23N3O. The molecule has 0 aromatic rings. The van der Waals surface area contributed by atoms with Crippen LogP contribution in [0, 0.1) is 16.7 Å². The molecule has 17 heavy (non-hydrogen) atoms. The van der Waals surface area contributed by atoms with E-state index in [1.807, 2.05) is 13.1 Å². The van der Waals surface area contributed by atoms with Gasteiger partial charge in [0.15, 0.2) is 0 Å². The Balaban J connectivity index is 2.38. The van der Waals surface area contributed by atoms with Crippen LogP contribution in [0.4, 0.5) is 0 Å². The van der Waals surface area contributed by atoms with E-state index in [9.17, 15) is 0 Å². The summed E-state index contributed by atoms with van der Waals surface area (Å²) in [6.45, 7) is 5.15. The van der Waals surface area contributed by atoms with E-state index in [0.717, 1.165) is 38.9 Å². The Morgan fingerprint density at radius 1 is 1.41 bits per heavy atom. The highest BCUT2D eigenvalue weighted by Crippen LogP contribution is 2.18. The summed E-state index contributed by atoms with van der Waals surface area (Å²) >= 11 is 0. The average molecular weight is 237 g/mol. The van der Waals surface area contributed by atoms with Crippen LogP contribution in [-0.2, 0) is 4.74 Å². The molecule has 0 unspecified atom stereocenters. The summed E-state index contributed by atoms with van der Waals surface area (Å²) < 4.78 is 5.29. The smallest absolute Gasteiger partial charge is 0.104 e. The predicted octanol–water partition coefficient (Wildman–Crippen LogP) is 2.66. The van der Waals surface area contributed by atoms with Crippen LogP contribution in [0.15, 0.2) is 12.7 Å². The molecule has 96 valence electrons. The van der Waals surface area contributed by atoms with Crippen molar-refractivity contribution in [3.8, 4) is 0 Å². The normalized spacial score (nSPS) is 16.5. The van der Waals surface area contributed by atoms with Gasteiger partial charge in [-0.25, -0.2) is 0 Å². The SMILES string of the molecule is C=CCCCC(=N)N(C)C(=N)C1CCOCC1. The van der Waals surface area contributed by atoms with Crippen molar-refractivity contribution in [2.75, 3.05) is 20.3 Å². The molecule has 0 atom stereocenters. The first-order valence-electron chi connectivity index (χ1n) is 6.25.